The Hall–Kier alpha value is -1.59. The summed E-state index contributed by atoms with van der Waals surface area (Å²) in [4.78, 5) is 19.1. The average molecular weight is 397 g/mol. The number of aliphatic hydroxyl groups is 1. The molecular formula is C23H28N2O2S. The lowest BCUT2D eigenvalue weighted by Gasteiger charge is -2.37. The highest BCUT2D eigenvalue weighted by molar-refractivity contribution is 7.99. The molecule has 0 aliphatic heterocycles. The maximum absolute atomic E-state index is 14.0. The summed E-state index contributed by atoms with van der Waals surface area (Å²) in [6.45, 7) is 0.100. The van der Waals surface area contributed by atoms with Crippen LogP contribution in [0.2, 0.25) is 0 Å². The molecule has 5 rings (SSSR count). The second kappa shape index (κ2) is 7.34. The van der Waals surface area contributed by atoms with Gasteiger partial charge in [-0.1, -0.05) is 61.7 Å². The number of nitrogens with zero attached hydrogens (tertiary/aromatic N) is 2. The van der Waals surface area contributed by atoms with Crippen LogP contribution in [0.3, 0.4) is 0 Å². The van der Waals surface area contributed by atoms with Gasteiger partial charge in [0.2, 0.25) is 0 Å². The van der Waals surface area contributed by atoms with Crippen molar-refractivity contribution < 1.29 is 5.11 Å². The van der Waals surface area contributed by atoms with Crippen molar-refractivity contribution in [2.45, 2.75) is 74.4 Å². The van der Waals surface area contributed by atoms with Crippen LogP contribution in [0.25, 0.3) is 11.3 Å². The predicted molar refractivity (Wildman–Crippen MR) is 113 cm³/mol. The van der Waals surface area contributed by atoms with E-state index in [1.807, 2.05) is 4.57 Å². The van der Waals surface area contributed by atoms with Crippen molar-refractivity contribution in [3.8, 4) is 11.3 Å². The van der Waals surface area contributed by atoms with Crippen LogP contribution >= 0.6 is 11.8 Å². The molecule has 2 saturated carbocycles. The smallest absolute Gasteiger partial charge is 0.258 e. The summed E-state index contributed by atoms with van der Waals surface area (Å²) in [6, 6.07) is 8.77. The van der Waals surface area contributed by atoms with Crippen molar-refractivity contribution in [1.82, 2.24) is 9.55 Å². The van der Waals surface area contributed by atoms with E-state index in [9.17, 15) is 9.90 Å². The van der Waals surface area contributed by atoms with Crippen LogP contribution in [0.4, 0.5) is 0 Å². The Labute approximate surface area is 170 Å². The molecule has 1 aromatic carbocycles. The first-order valence-corrected chi connectivity index (χ1v) is 11.7. The molecule has 148 valence electrons. The highest BCUT2D eigenvalue weighted by Crippen LogP contribution is 2.50. The van der Waals surface area contributed by atoms with E-state index in [4.69, 9.17) is 4.98 Å². The summed E-state index contributed by atoms with van der Waals surface area (Å²) < 4.78 is 2.01. The van der Waals surface area contributed by atoms with Gasteiger partial charge in [0.05, 0.1) is 17.9 Å². The van der Waals surface area contributed by atoms with E-state index in [0.717, 1.165) is 54.1 Å². The first-order valence-electron chi connectivity index (χ1n) is 10.7. The Morgan fingerprint density at radius 2 is 1.89 bits per heavy atom. The van der Waals surface area contributed by atoms with Gasteiger partial charge in [-0.05, 0) is 37.7 Å². The Kier molecular flexibility index (Phi) is 4.84. The fourth-order valence-electron chi connectivity index (χ4n) is 5.75. The fraction of sp³-hybridized carbons (Fsp3) is 0.565. The number of hydrogen-bond acceptors (Lipinski definition) is 4. The van der Waals surface area contributed by atoms with Crippen LogP contribution in [-0.4, -0.2) is 27.0 Å². The van der Waals surface area contributed by atoms with Gasteiger partial charge >= 0.3 is 0 Å². The number of rotatable bonds is 4. The van der Waals surface area contributed by atoms with E-state index >= 15 is 0 Å². The number of hydrogen-bond donors (Lipinski definition) is 1. The van der Waals surface area contributed by atoms with Crippen LogP contribution in [0.1, 0.15) is 68.5 Å². The van der Waals surface area contributed by atoms with Crippen molar-refractivity contribution in [1.29, 1.82) is 0 Å². The first-order chi connectivity index (χ1) is 13.7. The molecule has 0 amide bonds. The molecule has 5 heteroatoms. The van der Waals surface area contributed by atoms with Crippen LogP contribution in [0.5, 0.6) is 0 Å². The molecule has 2 fully saturated rings. The van der Waals surface area contributed by atoms with Gasteiger partial charge in [-0.3, -0.25) is 9.36 Å². The van der Waals surface area contributed by atoms with Gasteiger partial charge in [0.25, 0.3) is 5.56 Å². The average Bonchev–Trinajstić information content (AvgIpc) is 3.39. The Bertz CT molecular complexity index is 940. The Balaban J connectivity index is 1.77. The topological polar surface area (TPSA) is 55.1 Å². The van der Waals surface area contributed by atoms with Crippen molar-refractivity contribution >= 4 is 11.8 Å². The van der Waals surface area contributed by atoms with Gasteiger partial charge < -0.3 is 5.11 Å². The summed E-state index contributed by atoms with van der Waals surface area (Å²) in [6.07, 6.45) is 10.1. The summed E-state index contributed by atoms with van der Waals surface area (Å²) in [5, 5.41) is 10.2. The molecule has 0 bridgehead atoms. The SMILES string of the molecule is O=c1c2c(nc(SCCO)n1C1CCCC1)-c1ccccc1CC21CCCC1. The quantitative estimate of drug-likeness (QED) is 0.612. The highest BCUT2D eigenvalue weighted by atomic mass is 32.2. The molecule has 1 heterocycles. The lowest BCUT2D eigenvalue weighted by atomic mass is 9.68. The zero-order chi connectivity index (χ0) is 19.1. The number of fused-ring (bicyclic) bond motifs is 4. The number of thioether (sulfide) groups is 1. The molecule has 3 aliphatic carbocycles. The molecule has 3 aliphatic rings. The van der Waals surface area contributed by atoms with Crippen molar-refractivity contribution in [3.63, 3.8) is 0 Å². The molecular weight excluding hydrogens is 368 g/mol. The minimum atomic E-state index is -0.0334. The summed E-state index contributed by atoms with van der Waals surface area (Å²) in [7, 11) is 0. The molecule has 0 radical (unpaired) electrons. The lowest BCUT2D eigenvalue weighted by molar-refractivity contribution is 0.322. The second-order valence-corrected chi connectivity index (χ2v) is 9.69. The zero-order valence-electron chi connectivity index (χ0n) is 16.3. The van der Waals surface area contributed by atoms with Crippen molar-refractivity contribution in [2.24, 2.45) is 0 Å². The van der Waals surface area contributed by atoms with Crippen LogP contribution in [0, 0.1) is 0 Å². The number of benzene rings is 1. The third-order valence-corrected chi connectivity index (χ3v) is 7.92. The van der Waals surface area contributed by atoms with Gasteiger partial charge in [0, 0.05) is 22.8 Å². The minimum absolute atomic E-state index is 0.0334. The van der Waals surface area contributed by atoms with E-state index in [-0.39, 0.29) is 23.6 Å². The first kappa shape index (κ1) is 18.4. The largest absolute Gasteiger partial charge is 0.396 e. The lowest BCUT2D eigenvalue weighted by Crippen LogP contribution is -2.41. The van der Waals surface area contributed by atoms with Gasteiger partial charge in [-0.15, -0.1) is 0 Å². The minimum Gasteiger partial charge on any atom is -0.396 e. The van der Waals surface area contributed by atoms with E-state index in [1.165, 1.54) is 43.0 Å². The number of aliphatic hydroxyl groups excluding tert-OH is 1. The fourth-order valence-corrected chi connectivity index (χ4v) is 6.55. The molecule has 0 unspecified atom stereocenters. The van der Waals surface area contributed by atoms with Gasteiger partial charge in [0.15, 0.2) is 5.16 Å². The standard InChI is InChI=1S/C23H28N2O2S/c26-13-14-28-22-24-20-18-10-4-1-7-16(18)15-23(11-5-6-12-23)19(20)21(27)25(22)17-8-2-3-9-17/h1,4,7,10,17,26H,2-3,5-6,8-9,11-15H2. The predicted octanol–water partition coefficient (Wildman–Crippen LogP) is 4.48. The van der Waals surface area contributed by atoms with Crippen LogP contribution in [0.15, 0.2) is 34.2 Å². The molecule has 4 nitrogen and oxygen atoms in total. The molecule has 1 aromatic heterocycles. The Morgan fingerprint density at radius 1 is 1.14 bits per heavy atom. The molecule has 28 heavy (non-hydrogen) atoms. The van der Waals surface area contributed by atoms with Crippen molar-refractivity contribution in [3.05, 3.63) is 45.7 Å². The summed E-state index contributed by atoms with van der Waals surface area (Å²) in [5.41, 5.74) is 4.55. The maximum Gasteiger partial charge on any atom is 0.258 e. The third-order valence-electron chi connectivity index (χ3n) is 6.99. The maximum atomic E-state index is 14.0. The highest BCUT2D eigenvalue weighted by Gasteiger charge is 2.45. The van der Waals surface area contributed by atoms with Crippen molar-refractivity contribution in [2.75, 3.05) is 12.4 Å². The number of aromatic nitrogens is 2. The molecule has 1 N–H and O–H groups in total. The van der Waals surface area contributed by atoms with E-state index in [1.54, 1.807) is 0 Å². The van der Waals surface area contributed by atoms with Crippen LogP contribution < -0.4 is 5.56 Å². The van der Waals surface area contributed by atoms with Gasteiger partial charge in [0.1, 0.15) is 0 Å². The second-order valence-electron chi connectivity index (χ2n) is 8.62. The summed E-state index contributed by atoms with van der Waals surface area (Å²) >= 11 is 1.53. The van der Waals surface area contributed by atoms with Gasteiger partial charge in [-0.2, -0.15) is 0 Å². The summed E-state index contributed by atoms with van der Waals surface area (Å²) in [5.74, 6) is 0.574. The molecule has 0 atom stereocenters. The van der Waals surface area contributed by atoms with E-state index < -0.39 is 0 Å². The van der Waals surface area contributed by atoms with Gasteiger partial charge in [-0.25, -0.2) is 4.98 Å². The van der Waals surface area contributed by atoms with E-state index in [2.05, 4.69) is 24.3 Å². The molecule has 1 spiro atoms. The normalized spacial score (nSPS) is 20.5. The Morgan fingerprint density at radius 3 is 2.64 bits per heavy atom. The third kappa shape index (κ3) is 2.86. The van der Waals surface area contributed by atoms with Crippen LogP contribution in [-0.2, 0) is 11.8 Å². The molecule has 2 aromatic rings. The zero-order valence-corrected chi connectivity index (χ0v) is 17.1. The van der Waals surface area contributed by atoms with E-state index in [0.29, 0.717) is 5.75 Å². The molecule has 0 saturated heterocycles. The monoisotopic (exact) mass is 396 g/mol.